The predicted octanol–water partition coefficient (Wildman–Crippen LogP) is 4.02. The summed E-state index contributed by atoms with van der Waals surface area (Å²) < 4.78 is 0. The minimum atomic E-state index is 0.482. The molecular weight excluding hydrogens is 240 g/mol. The van der Waals surface area contributed by atoms with Crippen LogP contribution in [0.25, 0.3) is 0 Å². The number of nitrogens with one attached hydrogen (secondary N) is 1. The highest BCUT2D eigenvalue weighted by Crippen LogP contribution is 2.21. The summed E-state index contributed by atoms with van der Waals surface area (Å²) in [5, 5.41) is 5.11. The lowest BCUT2D eigenvalue weighted by molar-refractivity contribution is 0.634. The third-order valence-corrected chi connectivity index (χ3v) is 3.73. The van der Waals surface area contributed by atoms with Crippen LogP contribution in [0.2, 0.25) is 5.02 Å². The predicted molar refractivity (Wildman–Crippen MR) is 73.7 cm³/mol. The van der Waals surface area contributed by atoms with Crippen molar-refractivity contribution in [1.29, 1.82) is 0 Å². The largest absolute Gasteiger partial charge is 0.335 e. The van der Waals surface area contributed by atoms with E-state index in [0.29, 0.717) is 6.04 Å². The lowest BCUT2D eigenvalue weighted by atomic mass is 10.2. The summed E-state index contributed by atoms with van der Waals surface area (Å²) in [5.41, 5.74) is 1.05. The van der Waals surface area contributed by atoms with Gasteiger partial charge in [0.1, 0.15) is 0 Å². The number of anilines is 1. The maximum atomic E-state index is 5.84. The highest BCUT2D eigenvalue weighted by Gasteiger charge is 2.13. The number of nitrogens with zero attached hydrogens (tertiary/aromatic N) is 1. The van der Waals surface area contributed by atoms with Crippen LogP contribution in [0.3, 0.4) is 0 Å². The summed E-state index contributed by atoms with van der Waals surface area (Å²) >= 11 is 7.62. The van der Waals surface area contributed by atoms with E-state index >= 15 is 0 Å². The number of aliphatic imine (C=N–C) groups is 1. The van der Waals surface area contributed by atoms with Crippen molar-refractivity contribution in [3.8, 4) is 0 Å². The summed E-state index contributed by atoms with van der Waals surface area (Å²) in [6, 6.07) is 8.20. The van der Waals surface area contributed by atoms with Crippen LogP contribution in [0.4, 0.5) is 5.69 Å². The van der Waals surface area contributed by atoms with E-state index in [1.54, 1.807) is 11.8 Å². The van der Waals surface area contributed by atoms with Crippen molar-refractivity contribution in [2.75, 3.05) is 11.1 Å². The molecule has 1 N–H and O–H groups in total. The van der Waals surface area contributed by atoms with E-state index in [1.807, 2.05) is 24.3 Å². The molecule has 0 fully saturated rings. The van der Waals surface area contributed by atoms with E-state index < -0.39 is 0 Å². The van der Waals surface area contributed by atoms with Crippen LogP contribution in [0.5, 0.6) is 0 Å². The average molecular weight is 255 g/mol. The molecule has 1 aliphatic rings. The summed E-state index contributed by atoms with van der Waals surface area (Å²) in [7, 11) is 0. The SMILES string of the molecule is CCC1CCSC(Nc2ccc(Cl)cc2)=N1. The molecule has 0 bridgehead atoms. The highest BCUT2D eigenvalue weighted by atomic mass is 35.5. The Kier molecular flexibility index (Phi) is 4.13. The third kappa shape index (κ3) is 3.16. The van der Waals surface area contributed by atoms with Gasteiger partial charge in [0.25, 0.3) is 0 Å². The van der Waals surface area contributed by atoms with E-state index in [-0.39, 0.29) is 0 Å². The maximum Gasteiger partial charge on any atom is 0.161 e. The van der Waals surface area contributed by atoms with Crippen LogP contribution in [-0.4, -0.2) is 17.0 Å². The molecule has 0 amide bonds. The maximum absolute atomic E-state index is 5.84. The lowest BCUT2D eigenvalue weighted by Gasteiger charge is -2.19. The van der Waals surface area contributed by atoms with Gasteiger partial charge in [-0.3, -0.25) is 4.99 Å². The van der Waals surface area contributed by atoms with E-state index in [1.165, 1.54) is 6.42 Å². The minimum Gasteiger partial charge on any atom is -0.335 e. The second-order valence-electron chi connectivity index (χ2n) is 3.77. The zero-order valence-electron chi connectivity index (χ0n) is 9.24. The van der Waals surface area contributed by atoms with Crippen LogP contribution in [0.1, 0.15) is 19.8 Å². The molecule has 1 heterocycles. The number of rotatable bonds is 2. The van der Waals surface area contributed by atoms with Gasteiger partial charge in [0.15, 0.2) is 5.17 Å². The van der Waals surface area contributed by atoms with E-state index in [4.69, 9.17) is 11.6 Å². The topological polar surface area (TPSA) is 24.4 Å². The van der Waals surface area contributed by atoms with Crippen molar-refractivity contribution in [2.24, 2.45) is 4.99 Å². The van der Waals surface area contributed by atoms with E-state index in [0.717, 1.165) is 28.1 Å². The van der Waals surface area contributed by atoms with Gasteiger partial charge in [-0.2, -0.15) is 0 Å². The van der Waals surface area contributed by atoms with Gasteiger partial charge in [0.05, 0.1) is 6.04 Å². The number of benzene rings is 1. The van der Waals surface area contributed by atoms with Gasteiger partial charge in [-0.25, -0.2) is 0 Å². The molecule has 0 saturated carbocycles. The zero-order valence-corrected chi connectivity index (χ0v) is 10.8. The molecule has 1 unspecified atom stereocenters. The first-order valence-corrected chi connectivity index (χ1v) is 6.87. The molecule has 0 spiro atoms. The Bertz CT molecular complexity index is 375. The van der Waals surface area contributed by atoms with Crippen molar-refractivity contribution in [3.63, 3.8) is 0 Å². The molecule has 0 saturated heterocycles. The van der Waals surface area contributed by atoms with Crippen molar-refractivity contribution >= 4 is 34.2 Å². The van der Waals surface area contributed by atoms with Gasteiger partial charge in [0, 0.05) is 16.5 Å². The fourth-order valence-corrected chi connectivity index (χ4v) is 2.70. The molecule has 4 heteroatoms. The summed E-state index contributed by atoms with van der Waals surface area (Å²) in [6.45, 7) is 2.18. The molecule has 16 heavy (non-hydrogen) atoms. The van der Waals surface area contributed by atoms with Crippen LogP contribution in [0.15, 0.2) is 29.3 Å². The van der Waals surface area contributed by atoms with Crippen LogP contribution >= 0.6 is 23.4 Å². The molecule has 2 rings (SSSR count). The molecule has 1 aromatic rings. The average Bonchev–Trinajstić information content (AvgIpc) is 2.32. The van der Waals surface area contributed by atoms with Gasteiger partial charge < -0.3 is 5.32 Å². The smallest absolute Gasteiger partial charge is 0.161 e. The second kappa shape index (κ2) is 5.60. The number of thioether (sulfide) groups is 1. The third-order valence-electron chi connectivity index (χ3n) is 2.56. The summed E-state index contributed by atoms with van der Waals surface area (Å²) in [4.78, 5) is 4.65. The number of hydrogen-bond donors (Lipinski definition) is 1. The first-order chi connectivity index (χ1) is 7.78. The quantitative estimate of drug-likeness (QED) is 0.862. The normalized spacial score (nSPS) is 20.4. The van der Waals surface area contributed by atoms with Crippen molar-refractivity contribution < 1.29 is 0 Å². The van der Waals surface area contributed by atoms with Gasteiger partial charge in [-0.15, -0.1) is 0 Å². The van der Waals surface area contributed by atoms with Crippen LogP contribution in [0, 0.1) is 0 Å². The number of hydrogen-bond acceptors (Lipinski definition) is 3. The Morgan fingerprint density at radius 3 is 2.88 bits per heavy atom. The fraction of sp³-hybridized carbons (Fsp3) is 0.417. The van der Waals surface area contributed by atoms with Crippen LogP contribution < -0.4 is 5.32 Å². The standard InChI is InChI=1S/C12H15ClN2S/c1-2-10-7-8-16-12(14-10)15-11-5-3-9(13)4-6-11/h3-6,10H,2,7-8H2,1H3,(H,14,15). The van der Waals surface area contributed by atoms with Gasteiger partial charge >= 0.3 is 0 Å². The molecule has 0 radical (unpaired) electrons. The fourth-order valence-electron chi connectivity index (χ4n) is 1.58. The Morgan fingerprint density at radius 1 is 1.44 bits per heavy atom. The molecule has 2 nitrogen and oxygen atoms in total. The van der Waals surface area contributed by atoms with Crippen LogP contribution in [-0.2, 0) is 0 Å². The Morgan fingerprint density at radius 2 is 2.19 bits per heavy atom. The highest BCUT2D eigenvalue weighted by molar-refractivity contribution is 8.14. The molecule has 86 valence electrons. The second-order valence-corrected chi connectivity index (χ2v) is 5.29. The Hall–Kier alpha value is -0.670. The molecule has 1 atom stereocenters. The Labute approximate surface area is 105 Å². The lowest BCUT2D eigenvalue weighted by Crippen LogP contribution is -2.19. The van der Waals surface area contributed by atoms with Gasteiger partial charge in [-0.05, 0) is 37.1 Å². The minimum absolute atomic E-state index is 0.482. The van der Waals surface area contributed by atoms with Crippen molar-refractivity contribution in [3.05, 3.63) is 29.3 Å². The molecule has 0 aromatic heterocycles. The first-order valence-electron chi connectivity index (χ1n) is 5.51. The monoisotopic (exact) mass is 254 g/mol. The molecule has 1 aliphatic heterocycles. The first kappa shape index (κ1) is 11.8. The molecule has 0 aliphatic carbocycles. The van der Waals surface area contributed by atoms with Crippen molar-refractivity contribution in [1.82, 2.24) is 0 Å². The van der Waals surface area contributed by atoms with Gasteiger partial charge in [0.2, 0.25) is 0 Å². The van der Waals surface area contributed by atoms with E-state index in [9.17, 15) is 0 Å². The molecule has 1 aromatic carbocycles. The number of amidine groups is 1. The summed E-state index contributed by atoms with van der Waals surface area (Å²) in [6.07, 6.45) is 2.30. The van der Waals surface area contributed by atoms with Crippen molar-refractivity contribution in [2.45, 2.75) is 25.8 Å². The number of halogens is 1. The Balaban J connectivity index is 2.03. The van der Waals surface area contributed by atoms with E-state index in [2.05, 4.69) is 17.2 Å². The summed E-state index contributed by atoms with van der Waals surface area (Å²) in [5.74, 6) is 1.15. The molecular formula is C12H15ClN2S. The van der Waals surface area contributed by atoms with Gasteiger partial charge in [-0.1, -0.05) is 30.3 Å². The zero-order chi connectivity index (χ0) is 11.4.